The first-order chi connectivity index (χ1) is 17.5. The average Bonchev–Trinajstić information content (AvgIpc) is 3.28. The van der Waals surface area contributed by atoms with Gasteiger partial charge >= 0.3 is 0 Å². The van der Waals surface area contributed by atoms with E-state index in [1.165, 1.54) is 0 Å². The third-order valence-corrected chi connectivity index (χ3v) is 5.99. The van der Waals surface area contributed by atoms with Crippen molar-refractivity contribution in [1.29, 1.82) is 0 Å². The average molecular weight is 490 g/mol. The number of hydrogen-bond acceptors (Lipinski definition) is 7. The lowest BCUT2D eigenvalue weighted by Crippen LogP contribution is -2.41. The van der Waals surface area contributed by atoms with Gasteiger partial charge in [0.2, 0.25) is 5.95 Å². The van der Waals surface area contributed by atoms with Crippen LogP contribution in [0, 0.1) is 12.7 Å². The highest BCUT2D eigenvalue weighted by atomic mass is 19.1. The molecule has 36 heavy (non-hydrogen) atoms. The molecular formula is C26H28FN7O2. The molecule has 9 nitrogen and oxygen atoms in total. The number of morpholine rings is 1. The number of nitrogens with one attached hydrogen (secondary N) is 4. The van der Waals surface area contributed by atoms with Crippen LogP contribution in [0.1, 0.15) is 16.1 Å². The van der Waals surface area contributed by atoms with Gasteiger partial charge in [-0.15, -0.1) is 0 Å². The maximum atomic E-state index is 14.9. The second-order valence-electron chi connectivity index (χ2n) is 8.65. The Kier molecular flexibility index (Phi) is 7.06. The molecule has 0 saturated carbocycles. The summed E-state index contributed by atoms with van der Waals surface area (Å²) in [6.45, 7) is 6.48. The van der Waals surface area contributed by atoms with Crippen molar-refractivity contribution in [3.8, 4) is 0 Å². The lowest BCUT2D eigenvalue weighted by atomic mass is 10.2. The molecule has 1 aliphatic heterocycles. The Labute approximate surface area is 208 Å². The number of carbonyl (C=O) groups is 1. The second-order valence-corrected chi connectivity index (χ2v) is 8.65. The van der Waals surface area contributed by atoms with E-state index in [1.54, 1.807) is 42.6 Å². The Morgan fingerprint density at radius 1 is 1.14 bits per heavy atom. The van der Waals surface area contributed by atoms with Gasteiger partial charge in [0, 0.05) is 60.2 Å². The minimum Gasteiger partial charge on any atom is -0.379 e. The standard InChI is InChI=1S/C26H28FN7O2/c1-17-15-20-21(30-17)5-6-22(24(20)27)32-23-7-8-29-26(33-23)31-19-4-2-3-18(16-19)25(35)28-9-10-34-11-13-36-14-12-34/h2-8,15-16,30H,9-14H2,1H3,(H,28,35)(H2,29,31,32,33). The van der Waals surface area contributed by atoms with Crippen LogP contribution in [0.5, 0.6) is 0 Å². The van der Waals surface area contributed by atoms with Crippen LogP contribution in [-0.4, -0.2) is 65.2 Å². The molecule has 1 amide bonds. The molecular weight excluding hydrogens is 461 g/mol. The zero-order chi connectivity index (χ0) is 24.9. The molecule has 0 radical (unpaired) electrons. The van der Waals surface area contributed by atoms with Gasteiger partial charge in [-0.2, -0.15) is 4.98 Å². The van der Waals surface area contributed by atoms with Gasteiger partial charge in [-0.3, -0.25) is 9.69 Å². The first-order valence-corrected chi connectivity index (χ1v) is 11.9. The van der Waals surface area contributed by atoms with Crippen molar-refractivity contribution >= 4 is 40.0 Å². The zero-order valence-electron chi connectivity index (χ0n) is 20.0. The Hall–Kier alpha value is -4.02. The van der Waals surface area contributed by atoms with Crippen LogP contribution in [0.25, 0.3) is 10.9 Å². The fraction of sp³-hybridized carbons (Fsp3) is 0.269. The van der Waals surface area contributed by atoms with Crippen molar-refractivity contribution in [1.82, 2.24) is 25.2 Å². The summed E-state index contributed by atoms with van der Waals surface area (Å²) in [5, 5.41) is 9.62. The number of rotatable bonds is 8. The van der Waals surface area contributed by atoms with E-state index < -0.39 is 0 Å². The summed E-state index contributed by atoms with van der Waals surface area (Å²) in [6.07, 6.45) is 1.58. The highest BCUT2D eigenvalue weighted by molar-refractivity contribution is 5.95. The number of hydrogen-bond donors (Lipinski definition) is 4. The van der Waals surface area contributed by atoms with E-state index >= 15 is 0 Å². The number of halogens is 1. The number of aromatic nitrogens is 3. The smallest absolute Gasteiger partial charge is 0.251 e. The number of aryl methyl sites for hydroxylation is 1. The van der Waals surface area contributed by atoms with Crippen molar-refractivity contribution in [2.45, 2.75) is 6.92 Å². The Balaban J connectivity index is 1.22. The van der Waals surface area contributed by atoms with Crippen LogP contribution in [0.4, 0.5) is 27.5 Å². The normalized spacial score (nSPS) is 14.1. The number of anilines is 4. The molecule has 0 spiro atoms. The van der Waals surface area contributed by atoms with E-state index in [9.17, 15) is 9.18 Å². The van der Waals surface area contributed by atoms with Crippen molar-refractivity contribution in [3.05, 3.63) is 71.8 Å². The number of H-pyrrole nitrogens is 1. The number of aromatic amines is 1. The Morgan fingerprint density at radius 2 is 2.00 bits per heavy atom. The number of nitrogens with zero attached hydrogens (tertiary/aromatic N) is 3. The van der Waals surface area contributed by atoms with E-state index in [0.29, 0.717) is 40.6 Å². The van der Waals surface area contributed by atoms with Crippen LogP contribution < -0.4 is 16.0 Å². The number of amides is 1. The first kappa shape index (κ1) is 23.7. The molecule has 4 aromatic rings. The van der Waals surface area contributed by atoms with Crippen LogP contribution in [0.2, 0.25) is 0 Å². The monoisotopic (exact) mass is 489 g/mol. The van der Waals surface area contributed by atoms with Gasteiger partial charge in [-0.1, -0.05) is 6.07 Å². The lowest BCUT2D eigenvalue weighted by molar-refractivity contribution is 0.0383. The number of ether oxygens (including phenoxy) is 1. The van der Waals surface area contributed by atoms with Gasteiger partial charge in [0.15, 0.2) is 5.82 Å². The first-order valence-electron chi connectivity index (χ1n) is 11.9. The maximum Gasteiger partial charge on any atom is 0.251 e. The van der Waals surface area contributed by atoms with Gasteiger partial charge < -0.3 is 25.7 Å². The molecule has 1 saturated heterocycles. The third-order valence-electron chi connectivity index (χ3n) is 5.99. The molecule has 0 unspecified atom stereocenters. The summed E-state index contributed by atoms with van der Waals surface area (Å²) in [7, 11) is 0. The van der Waals surface area contributed by atoms with Crippen LogP contribution in [0.15, 0.2) is 54.7 Å². The summed E-state index contributed by atoms with van der Waals surface area (Å²) in [5.74, 6) is 0.269. The van der Waals surface area contributed by atoms with Gasteiger partial charge in [-0.05, 0) is 49.4 Å². The van der Waals surface area contributed by atoms with Crippen molar-refractivity contribution in [2.75, 3.05) is 50.0 Å². The van der Waals surface area contributed by atoms with Gasteiger partial charge in [0.1, 0.15) is 5.82 Å². The molecule has 0 bridgehead atoms. The van der Waals surface area contributed by atoms with E-state index in [2.05, 4.69) is 35.8 Å². The molecule has 3 heterocycles. The topological polar surface area (TPSA) is 107 Å². The highest BCUT2D eigenvalue weighted by Crippen LogP contribution is 2.27. The molecule has 2 aromatic heterocycles. The summed E-state index contributed by atoms with van der Waals surface area (Å²) in [6, 6.07) is 14.1. The van der Waals surface area contributed by atoms with Gasteiger partial charge in [-0.25, -0.2) is 9.37 Å². The number of benzene rings is 2. The summed E-state index contributed by atoms with van der Waals surface area (Å²) >= 11 is 0. The fourth-order valence-corrected chi connectivity index (χ4v) is 4.15. The third kappa shape index (κ3) is 5.61. The molecule has 2 aromatic carbocycles. The quantitative estimate of drug-likeness (QED) is 0.297. The minimum absolute atomic E-state index is 0.144. The molecule has 5 rings (SSSR count). The molecule has 10 heteroatoms. The van der Waals surface area contributed by atoms with Crippen LogP contribution in [-0.2, 0) is 4.74 Å². The second kappa shape index (κ2) is 10.7. The summed E-state index contributed by atoms with van der Waals surface area (Å²) in [4.78, 5) is 26.7. The molecule has 186 valence electrons. The summed E-state index contributed by atoms with van der Waals surface area (Å²) in [5.41, 5.74) is 3.16. The maximum absolute atomic E-state index is 14.9. The molecule has 4 N–H and O–H groups in total. The summed E-state index contributed by atoms with van der Waals surface area (Å²) < 4.78 is 20.3. The Bertz CT molecular complexity index is 1370. The molecule has 1 aliphatic rings. The SMILES string of the molecule is Cc1cc2c(F)c(Nc3ccnc(Nc4cccc(C(=O)NCCN5CCOCC5)c4)n3)ccc2[nH]1. The van der Waals surface area contributed by atoms with Gasteiger partial charge in [0.25, 0.3) is 5.91 Å². The molecule has 0 atom stereocenters. The molecule has 1 fully saturated rings. The number of carbonyl (C=O) groups excluding carboxylic acids is 1. The van der Waals surface area contributed by atoms with Crippen molar-refractivity contribution in [3.63, 3.8) is 0 Å². The van der Waals surface area contributed by atoms with Crippen LogP contribution >= 0.6 is 0 Å². The van der Waals surface area contributed by atoms with Crippen molar-refractivity contribution in [2.24, 2.45) is 0 Å². The number of fused-ring (bicyclic) bond motifs is 1. The van der Waals surface area contributed by atoms with Crippen molar-refractivity contribution < 1.29 is 13.9 Å². The van der Waals surface area contributed by atoms with Gasteiger partial charge in [0.05, 0.1) is 18.9 Å². The Morgan fingerprint density at radius 3 is 2.86 bits per heavy atom. The zero-order valence-corrected chi connectivity index (χ0v) is 20.0. The fourth-order valence-electron chi connectivity index (χ4n) is 4.15. The molecule has 0 aliphatic carbocycles. The minimum atomic E-state index is -0.350. The van der Waals surface area contributed by atoms with E-state index in [4.69, 9.17) is 4.74 Å². The van der Waals surface area contributed by atoms with E-state index in [0.717, 1.165) is 44.1 Å². The predicted octanol–water partition coefficient (Wildman–Crippen LogP) is 3.95. The lowest BCUT2D eigenvalue weighted by Gasteiger charge is -2.26. The predicted molar refractivity (Wildman–Crippen MR) is 138 cm³/mol. The van der Waals surface area contributed by atoms with E-state index in [1.807, 2.05) is 19.1 Å². The van der Waals surface area contributed by atoms with Crippen LogP contribution in [0.3, 0.4) is 0 Å². The van der Waals surface area contributed by atoms with E-state index in [-0.39, 0.29) is 11.7 Å². The largest absolute Gasteiger partial charge is 0.379 e. The highest BCUT2D eigenvalue weighted by Gasteiger charge is 2.13.